The number of halogens is 2. The molecule has 0 radical (unpaired) electrons. The van der Waals surface area contributed by atoms with Gasteiger partial charge >= 0.3 is 0 Å². The van der Waals surface area contributed by atoms with Crippen LogP contribution >= 0.6 is 11.6 Å². The number of aromatic nitrogens is 3. The highest BCUT2D eigenvalue weighted by molar-refractivity contribution is 6.32. The Morgan fingerprint density at radius 3 is 2.81 bits per heavy atom. The second-order valence-corrected chi connectivity index (χ2v) is 7.80. The highest BCUT2D eigenvalue weighted by atomic mass is 35.5. The Labute approximate surface area is 183 Å². The predicted octanol–water partition coefficient (Wildman–Crippen LogP) is 4.48. The maximum Gasteiger partial charge on any atom is 0.232 e. The van der Waals surface area contributed by atoms with Crippen LogP contribution in [0.1, 0.15) is 17.0 Å². The van der Waals surface area contributed by atoms with E-state index in [4.69, 9.17) is 21.6 Å². The highest BCUT2D eigenvalue weighted by Gasteiger charge is 2.20. The maximum absolute atomic E-state index is 13.6. The Balaban J connectivity index is 1.47. The first-order valence-corrected chi connectivity index (χ1v) is 10.1. The molecule has 0 saturated carbocycles. The molecule has 6 nitrogen and oxygen atoms in total. The molecule has 0 spiro atoms. The standard InChI is InChI=1S/C23H17ClFN5O/c24-20-9-19(30-4-3-16-7-18(25)1-2-21(16)30)8-17-14-29(5-6-31-23(17)20)13-15-11-27-22(10-26)28-12-15/h1-4,7-9,11-12H,5-6,13-14H2. The van der Waals surface area contributed by atoms with Gasteiger partial charge in [0.1, 0.15) is 24.2 Å². The van der Waals surface area contributed by atoms with Crippen LogP contribution in [-0.4, -0.2) is 32.6 Å². The van der Waals surface area contributed by atoms with E-state index in [1.807, 2.05) is 29.0 Å². The lowest BCUT2D eigenvalue weighted by atomic mass is 10.1. The van der Waals surface area contributed by atoms with Gasteiger partial charge in [0.15, 0.2) is 0 Å². The monoisotopic (exact) mass is 433 g/mol. The van der Waals surface area contributed by atoms with Crippen LogP contribution in [0, 0.1) is 17.1 Å². The summed E-state index contributed by atoms with van der Waals surface area (Å²) in [5.74, 6) is 0.580. The van der Waals surface area contributed by atoms with Crippen LogP contribution in [0.4, 0.5) is 4.39 Å². The number of benzene rings is 2. The molecule has 0 atom stereocenters. The second-order valence-electron chi connectivity index (χ2n) is 7.39. The van der Waals surface area contributed by atoms with Crippen LogP contribution in [0.5, 0.6) is 5.75 Å². The highest BCUT2D eigenvalue weighted by Crippen LogP contribution is 2.35. The smallest absolute Gasteiger partial charge is 0.232 e. The molecule has 154 valence electrons. The summed E-state index contributed by atoms with van der Waals surface area (Å²) in [5, 5.41) is 10.2. The first-order valence-electron chi connectivity index (χ1n) is 9.76. The summed E-state index contributed by atoms with van der Waals surface area (Å²) in [6.07, 6.45) is 5.25. The molecule has 1 aliphatic heterocycles. The van der Waals surface area contributed by atoms with Crippen molar-refractivity contribution in [3.05, 3.63) is 82.8 Å². The maximum atomic E-state index is 13.6. The SMILES string of the molecule is N#Cc1ncc(CN2CCOc3c(Cl)cc(-n4ccc5cc(F)ccc54)cc3C2)cn1. The van der Waals surface area contributed by atoms with Gasteiger partial charge in [0.25, 0.3) is 0 Å². The molecule has 2 aromatic carbocycles. The number of hydrogen-bond acceptors (Lipinski definition) is 5. The molecule has 2 aromatic heterocycles. The lowest BCUT2D eigenvalue weighted by Crippen LogP contribution is -2.25. The van der Waals surface area contributed by atoms with E-state index < -0.39 is 0 Å². The molecule has 0 amide bonds. The minimum atomic E-state index is -0.263. The third-order valence-electron chi connectivity index (χ3n) is 5.30. The molecule has 0 unspecified atom stereocenters. The first kappa shape index (κ1) is 19.5. The van der Waals surface area contributed by atoms with Crippen molar-refractivity contribution >= 4 is 22.5 Å². The van der Waals surface area contributed by atoms with E-state index in [2.05, 4.69) is 20.9 Å². The van der Waals surface area contributed by atoms with Crippen LogP contribution in [-0.2, 0) is 13.1 Å². The number of nitrogens with zero attached hydrogens (tertiary/aromatic N) is 5. The summed E-state index contributed by atoms with van der Waals surface area (Å²) in [4.78, 5) is 10.3. The Kier molecular flexibility index (Phi) is 5.02. The first-order chi connectivity index (χ1) is 15.1. The van der Waals surface area contributed by atoms with Gasteiger partial charge in [-0.3, -0.25) is 4.90 Å². The molecule has 0 saturated heterocycles. The van der Waals surface area contributed by atoms with Gasteiger partial charge in [-0.05, 0) is 36.4 Å². The number of hydrogen-bond donors (Lipinski definition) is 0. The Morgan fingerprint density at radius 1 is 1.16 bits per heavy atom. The van der Waals surface area contributed by atoms with Crippen LogP contribution < -0.4 is 4.74 Å². The summed E-state index contributed by atoms with van der Waals surface area (Å²) in [6.45, 7) is 2.49. The molecule has 0 bridgehead atoms. The van der Waals surface area contributed by atoms with E-state index in [0.29, 0.717) is 37.0 Å². The molecule has 1 aliphatic rings. The van der Waals surface area contributed by atoms with E-state index in [1.54, 1.807) is 18.5 Å². The van der Waals surface area contributed by atoms with Gasteiger partial charge in [-0.1, -0.05) is 11.6 Å². The number of fused-ring (bicyclic) bond motifs is 2. The molecule has 4 aromatic rings. The predicted molar refractivity (Wildman–Crippen MR) is 115 cm³/mol. The number of nitriles is 1. The molecule has 0 fully saturated rings. The topological polar surface area (TPSA) is 67.0 Å². The molecular formula is C23H17ClFN5O. The average Bonchev–Trinajstić information content (AvgIpc) is 3.07. The summed E-state index contributed by atoms with van der Waals surface area (Å²) in [6, 6.07) is 12.5. The van der Waals surface area contributed by atoms with Crippen LogP contribution in [0.2, 0.25) is 5.02 Å². The van der Waals surface area contributed by atoms with E-state index >= 15 is 0 Å². The van der Waals surface area contributed by atoms with Crippen molar-refractivity contribution in [2.75, 3.05) is 13.2 Å². The minimum absolute atomic E-state index is 0.156. The third-order valence-corrected chi connectivity index (χ3v) is 5.58. The number of ether oxygens (including phenoxy) is 1. The van der Waals surface area contributed by atoms with E-state index in [0.717, 1.165) is 27.7 Å². The zero-order chi connectivity index (χ0) is 21.4. The molecule has 8 heteroatoms. The van der Waals surface area contributed by atoms with Gasteiger partial charge in [-0.15, -0.1) is 0 Å². The van der Waals surface area contributed by atoms with Gasteiger partial charge in [0, 0.05) is 60.4 Å². The zero-order valence-corrected chi connectivity index (χ0v) is 17.2. The molecular weight excluding hydrogens is 417 g/mol. The quantitative estimate of drug-likeness (QED) is 0.476. The van der Waals surface area contributed by atoms with Crippen molar-refractivity contribution < 1.29 is 9.13 Å². The van der Waals surface area contributed by atoms with Crippen molar-refractivity contribution in [1.29, 1.82) is 5.26 Å². The van der Waals surface area contributed by atoms with Crippen LogP contribution in [0.25, 0.3) is 16.6 Å². The van der Waals surface area contributed by atoms with Crippen LogP contribution in [0.3, 0.4) is 0 Å². The van der Waals surface area contributed by atoms with E-state index in [9.17, 15) is 4.39 Å². The van der Waals surface area contributed by atoms with E-state index in [-0.39, 0.29) is 11.6 Å². The van der Waals surface area contributed by atoms with Crippen molar-refractivity contribution in [2.24, 2.45) is 0 Å². The minimum Gasteiger partial charge on any atom is -0.490 e. The molecule has 31 heavy (non-hydrogen) atoms. The summed E-state index contributed by atoms with van der Waals surface area (Å²) in [7, 11) is 0. The fraction of sp³-hybridized carbons (Fsp3) is 0.174. The van der Waals surface area contributed by atoms with Gasteiger partial charge in [0.2, 0.25) is 5.82 Å². The normalized spacial score (nSPS) is 14.0. The molecule has 3 heterocycles. The largest absolute Gasteiger partial charge is 0.490 e. The Morgan fingerprint density at radius 2 is 2.00 bits per heavy atom. The van der Waals surface area contributed by atoms with Crippen molar-refractivity contribution in [2.45, 2.75) is 13.1 Å². The van der Waals surface area contributed by atoms with Gasteiger partial charge in [-0.2, -0.15) is 5.26 Å². The van der Waals surface area contributed by atoms with Crippen molar-refractivity contribution in [3.8, 4) is 17.5 Å². The fourth-order valence-electron chi connectivity index (χ4n) is 3.88. The van der Waals surface area contributed by atoms with E-state index in [1.165, 1.54) is 12.1 Å². The molecule has 0 N–H and O–H groups in total. The fourth-order valence-corrected chi connectivity index (χ4v) is 4.16. The van der Waals surface area contributed by atoms with Crippen LogP contribution in [0.15, 0.2) is 55.0 Å². The van der Waals surface area contributed by atoms with Gasteiger partial charge < -0.3 is 9.30 Å². The van der Waals surface area contributed by atoms with Crippen molar-refractivity contribution in [3.63, 3.8) is 0 Å². The average molecular weight is 434 g/mol. The summed E-state index contributed by atoms with van der Waals surface area (Å²) < 4.78 is 21.5. The second kappa shape index (κ2) is 7.99. The Bertz CT molecular complexity index is 1310. The Hall–Kier alpha value is -3.47. The zero-order valence-electron chi connectivity index (χ0n) is 16.4. The lowest BCUT2D eigenvalue weighted by Gasteiger charge is -2.19. The lowest BCUT2D eigenvalue weighted by molar-refractivity contribution is 0.219. The number of rotatable bonds is 3. The molecule has 0 aliphatic carbocycles. The summed E-state index contributed by atoms with van der Waals surface area (Å²) >= 11 is 6.59. The van der Waals surface area contributed by atoms with Crippen molar-refractivity contribution in [1.82, 2.24) is 19.4 Å². The van der Waals surface area contributed by atoms with Gasteiger partial charge in [-0.25, -0.2) is 14.4 Å². The van der Waals surface area contributed by atoms with Gasteiger partial charge in [0.05, 0.1) is 10.5 Å². The third kappa shape index (κ3) is 3.83. The summed E-state index contributed by atoms with van der Waals surface area (Å²) in [5.41, 5.74) is 3.68. The molecule has 5 rings (SSSR count).